The lowest BCUT2D eigenvalue weighted by atomic mass is 10.1. The first-order valence-corrected chi connectivity index (χ1v) is 7.04. The molecule has 6 nitrogen and oxygen atoms in total. The van der Waals surface area contributed by atoms with Crippen LogP contribution in [0.2, 0.25) is 0 Å². The maximum absolute atomic E-state index is 11.9. The Hall–Kier alpha value is -1.66. The Morgan fingerprint density at radius 2 is 2.25 bits per heavy atom. The molecule has 1 aromatic heterocycles. The number of ether oxygens (including phenoxy) is 1. The van der Waals surface area contributed by atoms with Crippen LogP contribution in [0.1, 0.15) is 13.3 Å². The minimum absolute atomic E-state index is 0.0454. The number of nitrogens with one attached hydrogen (secondary N) is 1. The van der Waals surface area contributed by atoms with Crippen LogP contribution in [0.3, 0.4) is 0 Å². The standard InChI is InChI=1S/C14H22N4O2/c1-2-11(9-15)14(19)17-12-3-4-13(16-10-12)18-5-7-20-8-6-18/h3-4,10-11H,2,5-9,15H2,1H3,(H,17,19). The van der Waals surface area contributed by atoms with E-state index in [2.05, 4.69) is 15.2 Å². The third-order valence-corrected chi connectivity index (χ3v) is 3.50. The van der Waals surface area contributed by atoms with Gasteiger partial charge in [0.1, 0.15) is 5.82 Å². The summed E-state index contributed by atoms with van der Waals surface area (Å²) in [5, 5.41) is 2.85. The van der Waals surface area contributed by atoms with Gasteiger partial charge in [0.2, 0.25) is 5.91 Å². The van der Waals surface area contributed by atoms with Gasteiger partial charge in [0.05, 0.1) is 31.0 Å². The van der Waals surface area contributed by atoms with Gasteiger partial charge in [-0.15, -0.1) is 0 Å². The number of rotatable bonds is 5. The average molecular weight is 278 g/mol. The Kier molecular flexibility index (Phi) is 5.31. The van der Waals surface area contributed by atoms with Gasteiger partial charge in [-0.05, 0) is 18.6 Å². The van der Waals surface area contributed by atoms with Gasteiger partial charge in [-0.1, -0.05) is 6.92 Å². The summed E-state index contributed by atoms with van der Waals surface area (Å²) in [6.07, 6.45) is 2.42. The van der Waals surface area contributed by atoms with Crippen molar-refractivity contribution in [2.24, 2.45) is 11.7 Å². The molecular formula is C14H22N4O2. The van der Waals surface area contributed by atoms with Gasteiger partial charge in [-0.3, -0.25) is 4.79 Å². The topological polar surface area (TPSA) is 80.5 Å². The van der Waals surface area contributed by atoms with Crippen molar-refractivity contribution in [3.63, 3.8) is 0 Å². The summed E-state index contributed by atoms with van der Waals surface area (Å²) < 4.78 is 5.31. The molecule has 0 radical (unpaired) electrons. The summed E-state index contributed by atoms with van der Waals surface area (Å²) in [4.78, 5) is 18.5. The van der Waals surface area contributed by atoms with Crippen molar-refractivity contribution in [1.29, 1.82) is 0 Å². The molecule has 0 spiro atoms. The van der Waals surface area contributed by atoms with E-state index in [0.29, 0.717) is 12.2 Å². The number of hydrogen-bond donors (Lipinski definition) is 2. The highest BCUT2D eigenvalue weighted by Gasteiger charge is 2.15. The smallest absolute Gasteiger partial charge is 0.228 e. The third kappa shape index (κ3) is 3.68. The second kappa shape index (κ2) is 7.21. The molecule has 6 heteroatoms. The van der Waals surface area contributed by atoms with Crippen molar-refractivity contribution in [3.8, 4) is 0 Å². The first-order chi connectivity index (χ1) is 9.74. The molecule has 20 heavy (non-hydrogen) atoms. The largest absolute Gasteiger partial charge is 0.378 e. The lowest BCUT2D eigenvalue weighted by Gasteiger charge is -2.27. The molecule has 0 saturated carbocycles. The Morgan fingerprint density at radius 1 is 1.50 bits per heavy atom. The Labute approximate surface area is 119 Å². The van der Waals surface area contributed by atoms with Crippen molar-refractivity contribution in [3.05, 3.63) is 18.3 Å². The zero-order valence-electron chi connectivity index (χ0n) is 11.8. The molecule has 0 bridgehead atoms. The lowest BCUT2D eigenvalue weighted by Crippen LogP contribution is -2.36. The van der Waals surface area contributed by atoms with Crippen LogP contribution in [0.5, 0.6) is 0 Å². The van der Waals surface area contributed by atoms with E-state index in [0.717, 1.165) is 38.5 Å². The molecule has 1 saturated heterocycles. The molecule has 110 valence electrons. The van der Waals surface area contributed by atoms with Crippen LogP contribution >= 0.6 is 0 Å². The number of carbonyl (C=O) groups is 1. The number of pyridine rings is 1. The summed E-state index contributed by atoms with van der Waals surface area (Å²) in [5.41, 5.74) is 6.27. The summed E-state index contributed by atoms with van der Waals surface area (Å²) in [7, 11) is 0. The van der Waals surface area contributed by atoms with E-state index < -0.39 is 0 Å². The number of aromatic nitrogens is 1. The molecule has 2 rings (SSSR count). The van der Waals surface area contributed by atoms with Gasteiger partial charge in [0.25, 0.3) is 0 Å². The minimum Gasteiger partial charge on any atom is -0.378 e. The highest BCUT2D eigenvalue weighted by molar-refractivity contribution is 5.92. The van der Waals surface area contributed by atoms with Crippen LogP contribution in [-0.4, -0.2) is 43.7 Å². The van der Waals surface area contributed by atoms with E-state index >= 15 is 0 Å². The van der Waals surface area contributed by atoms with Crippen LogP contribution < -0.4 is 16.0 Å². The average Bonchev–Trinajstić information content (AvgIpc) is 2.50. The predicted molar refractivity (Wildman–Crippen MR) is 78.7 cm³/mol. The van der Waals surface area contributed by atoms with Crippen LogP contribution in [-0.2, 0) is 9.53 Å². The molecular weight excluding hydrogens is 256 g/mol. The van der Waals surface area contributed by atoms with Crippen molar-refractivity contribution in [2.75, 3.05) is 43.1 Å². The van der Waals surface area contributed by atoms with Crippen LogP contribution in [0.25, 0.3) is 0 Å². The molecule has 1 atom stereocenters. The molecule has 1 aliphatic heterocycles. The number of nitrogens with zero attached hydrogens (tertiary/aromatic N) is 2. The van der Waals surface area contributed by atoms with Crippen molar-refractivity contribution in [1.82, 2.24) is 4.98 Å². The van der Waals surface area contributed by atoms with E-state index in [1.165, 1.54) is 0 Å². The summed E-state index contributed by atoms with van der Waals surface area (Å²) >= 11 is 0. The number of amides is 1. The van der Waals surface area contributed by atoms with E-state index in [1.807, 2.05) is 19.1 Å². The quantitative estimate of drug-likeness (QED) is 0.834. The number of carbonyl (C=O) groups excluding carboxylic acids is 1. The SMILES string of the molecule is CCC(CN)C(=O)Nc1ccc(N2CCOCC2)nc1. The molecule has 1 amide bonds. The monoisotopic (exact) mass is 278 g/mol. The molecule has 3 N–H and O–H groups in total. The molecule has 1 unspecified atom stereocenters. The number of nitrogens with two attached hydrogens (primary N) is 1. The number of morpholine rings is 1. The van der Waals surface area contributed by atoms with Crippen molar-refractivity contribution < 1.29 is 9.53 Å². The van der Waals surface area contributed by atoms with E-state index in [9.17, 15) is 4.79 Å². The molecule has 0 aromatic carbocycles. The van der Waals surface area contributed by atoms with E-state index in [4.69, 9.17) is 10.5 Å². The second-order valence-corrected chi connectivity index (χ2v) is 4.83. The zero-order valence-corrected chi connectivity index (χ0v) is 11.8. The fourth-order valence-electron chi connectivity index (χ4n) is 2.14. The van der Waals surface area contributed by atoms with E-state index in [-0.39, 0.29) is 11.8 Å². The van der Waals surface area contributed by atoms with Crippen molar-refractivity contribution >= 4 is 17.4 Å². The summed E-state index contributed by atoms with van der Waals surface area (Å²) in [6, 6.07) is 3.79. The first kappa shape index (κ1) is 14.7. The molecule has 1 aromatic rings. The maximum atomic E-state index is 11.9. The van der Waals surface area contributed by atoms with Crippen LogP contribution in [0, 0.1) is 5.92 Å². The molecule has 2 heterocycles. The molecule has 0 aliphatic carbocycles. The lowest BCUT2D eigenvalue weighted by molar-refractivity contribution is -0.119. The first-order valence-electron chi connectivity index (χ1n) is 7.04. The number of hydrogen-bond acceptors (Lipinski definition) is 5. The van der Waals surface area contributed by atoms with Gasteiger partial charge < -0.3 is 20.7 Å². The van der Waals surface area contributed by atoms with Gasteiger partial charge in [-0.25, -0.2) is 4.98 Å². The summed E-state index contributed by atoms with van der Waals surface area (Å²) in [5.74, 6) is 0.724. The Balaban J connectivity index is 1.95. The molecule has 1 aliphatic rings. The minimum atomic E-state index is -0.145. The van der Waals surface area contributed by atoms with E-state index in [1.54, 1.807) is 6.20 Å². The summed E-state index contributed by atoms with van der Waals surface area (Å²) in [6.45, 7) is 5.48. The molecule has 1 fully saturated rings. The fourth-order valence-corrected chi connectivity index (χ4v) is 2.14. The van der Waals surface area contributed by atoms with Crippen molar-refractivity contribution in [2.45, 2.75) is 13.3 Å². The Morgan fingerprint density at radius 3 is 2.80 bits per heavy atom. The van der Waals surface area contributed by atoms with Crippen LogP contribution in [0.4, 0.5) is 11.5 Å². The number of anilines is 2. The normalized spacial score (nSPS) is 16.8. The third-order valence-electron chi connectivity index (χ3n) is 3.50. The fraction of sp³-hybridized carbons (Fsp3) is 0.571. The maximum Gasteiger partial charge on any atom is 0.228 e. The van der Waals surface area contributed by atoms with Gasteiger partial charge in [0.15, 0.2) is 0 Å². The Bertz CT molecular complexity index is 425. The highest BCUT2D eigenvalue weighted by atomic mass is 16.5. The highest BCUT2D eigenvalue weighted by Crippen LogP contribution is 2.16. The zero-order chi connectivity index (χ0) is 14.4. The van der Waals surface area contributed by atoms with Gasteiger partial charge >= 0.3 is 0 Å². The second-order valence-electron chi connectivity index (χ2n) is 4.83. The predicted octanol–water partition coefficient (Wildman–Crippen LogP) is 0.842. The van der Waals surface area contributed by atoms with Gasteiger partial charge in [-0.2, -0.15) is 0 Å². The van der Waals surface area contributed by atoms with Gasteiger partial charge in [0, 0.05) is 19.6 Å². The van der Waals surface area contributed by atoms with Crippen LogP contribution in [0.15, 0.2) is 18.3 Å².